The first-order chi connectivity index (χ1) is 31.7. The fourth-order valence-electron chi connectivity index (χ4n) is 10.8. The van der Waals surface area contributed by atoms with Crippen molar-refractivity contribution in [1.29, 1.82) is 0 Å². The lowest BCUT2D eigenvalue weighted by Crippen LogP contribution is -2.27. The summed E-state index contributed by atoms with van der Waals surface area (Å²) in [4.78, 5) is 2.41. The van der Waals surface area contributed by atoms with E-state index in [1.165, 1.54) is 88.6 Å². The standard InChI is InChI=1S/C62H44N2/c1-3-17-50-51-22-11-14-25-57(51)62(56(50)4-2)58-26-15-12-23-52(58)53-38-37-49(41-59(53)62)63(47-33-28-43(29-34-47)42-18-7-5-8-19-42)48-35-30-44(31-36-48)45-32-39-61-55(40-45)54-24-13-16-27-60(54)64(61)46-20-9-6-10-21-46/h3-41H,2H2,1H3/b17-3-. The average Bonchev–Trinajstić information content (AvgIpc) is 3.96. The van der Waals surface area contributed by atoms with Crippen molar-refractivity contribution in [2.45, 2.75) is 12.3 Å². The van der Waals surface area contributed by atoms with Crippen molar-refractivity contribution in [1.82, 2.24) is 4.57 Å². The number of para-hydroxylation sites is 2. The van der Waals surface area contributed by atoms with E-state index in [-0.39, 0.29) is 0 Å². The summed E-state index contributed by atoms with van der Waals surface area (Å²) in [6, 6.07) is 80.0. The van der Waals surface area contributed by atoms with Crippen molar-refractivity contribution in [3.05, 3.63) is 271 Å². The lowest BCUT2D eigenvalue weighted by molar-refractivity contribution is 0.786. The van der Waals surface area contributed by atoms with Crippen molar-refractivity contribution in [3.8, 4) is 39.1 Å². The fraction of sp³-hybridized carbons (Fsp3) is 0.0323. The second-order valence-corrected chi connectivity index (χ2v) is 16.8. The Labute approximate surface area is 374 Å². The molecule has 0 N–H and O–H groups in total. The van der Waals surface area contributed by atoms with E-state index in [1.54, 1.807) is 0 Å². The van der Waals surface area contributed by atoms with E-state index in [0.29, 0.717) is 0 Å². The van der Waals surface area contributed by atoms with Crippen molar-refractivity contribution in [2.24, 2.45) is 0 Å². The number of nitrogens with zero attached hydrogens (tertiary/aromatic N) is 2. The number of fused-ring (bicyclic) bond motifs is 10. The molecule has 1 atom stereocenters. The predicted molar refractivity (Wildman–Crippen MR) is 270 cm³/mol. The van der Waals surface area contributed by atoms with E-state index in [1.807, 2.05) is 0 Å². The second-order valence-electron chi connectivity index (χ2n) is 16.8. The molecule has 12 rings (SSSR count). The maximum absolute atomic E-state index is 4.49. The van der Waals surface area contributed by atoms with Gasteiger partial charge in [-0.25, -0.2) is 0 Å². The highest BCUT2D eigenvalue weighted by atomic mass is 15.1. The highest BCUT2D eigenvalue weighted by molar-refractivity contribution is 6.10. The Morgan fingerprint density at radius 1 is 0.438 bits per heavy atom. The zero-order chi connectivity index (χ0) is 42.8. The summed E-state index contributed by atoms with van der Waals surface area (Å²) in [6.07, 6.45) is 6.51. The minimum Gasteiger partial charge on any atom is -0.310 e. The van der Waals surface area contributed by atoms with Crippen LogP contribution in [0, 0.1) is 0 Å². The molecule has 0 bridgehead atoms. The molecule has 302 valence electrons. The Bertz CT molecular complexity index is 3500. The van der Waals surface area contributed by atoms with Gasteiger partial charge in [-0.1, -0.05) is 176 Å². The highest BCUT2D eigenvalue weighted by Gasteiger charge is 2.51. The molecular formula is C62H44N2. The molecule has 10 aromatic rings. The summed E-state index contributed by atoms with van der Waals surface area (Å²) in [5.41, 5.74) is 21.2. The molecule has 0 saturated heterocycles. The van der Waals surface area contributed by atoms with Crippen LogP contribution in [0.4, 0.5) is 17.1 Å². The summed E-state index contributed by atoms with van der Waals surface area (Å²) in [6.45, 7) is 6.59. The van der Waals surface area contributed by atoms with Crippen molar-refractivity contribution >= 4 is 44.4 Å². The summed E-state index contributed by atoms with van der Waals surface area (Å²) in [5, 5.41) is 2.49. The molecule has 1 aromatic heterocycles. The van der Waals surface area contributed by atoms with Crippen molar-refractivity contribution in [3.63, 3.8) is 0 Å². The first-order valence-corrected chi connectivity index (χ1v) is 22.2. The minimum absolute atomic E-state index is 0.510. The van der Waals surface area contributed by atoms with Gasteiger partial charge in [0.2, 0.25) is 0 Å². The topological polar surface area (TPSA) is 8.17 Å². The van der Waals surface area contributed by atoms with E-state index in [2.05, 4.69) is 260 Å². The summed E-state index contributed by atoms with van der Waals surface area (Å²) in [5.74, 6) is 0. The second kappa shape index (κ2) is 15.0. The Morgan fingerprint density at radius 2 is 0.969 bits per heavy atom. The molecule has 2 nitrogen and oxygen atoms in total. The van der Waals surface area contributed by atoms with E-state index in [4.69, 9.17) is 0 Å². The monoisotopic (exact) mass is 816 g/mol. The van der Waals surface area contributed by atoms with Gasteiger partial charge in [-0.2, -0.15) is 0 Å². The quantitative estimate of drug-likeness (QED) is 0.148. The Morgan fingerprint density at radius 3 is 1.67 bits per heavy atom. The van der Waals surface area contributed by atoms with E-state index in [9.17, 15) is 0 Å². The molecule has 1 spiro atoms. The molecule has 0 saturated carbocycles. The molecule has 2 heteroatoms. The number of hydrogen-bond donors (Lipinski definition) is 0. The number of benzene rings is 9. The van der Waals surface area contributed by atoms with Crippen LogP contribution in [-0.4, -0.2) is 4.57 Å². The number of anilines is 3. The number of rotatable bonds is 8. The van der Waals surface area contributed by atoms with Gasteiger partial charge in [0.25, 0.3) is 0 Å². The van der Waals surface area contributed by atoms with Gasteiger partial charge in [0.15, 0.2) is 0 Å². The van der Waals surface area contributed by atoms with Gasteiger partial charge in [-0.15, -0.1) is 0 Å². The van der Waals surface area contributed by atoms with Gasteiger partial charge in [0, 0.05) is 33.5 Å². The van der Waals surface area contributed by atoms with Gasteiger partial charge < -0.3 is 9.47 Å². The van der Waals surface area contributed by atoms with Crippen LogP contribution in [0.1, 0.15) is 29.2 Å². The van der Waals surface area contributed by atoms with Crippen LogP contribution in [0.2, 0.25) is 0 Å². The highest BCUT2D eigenvalue weighted by Crippen LogP contribution is 2.63. The SMILES string of the molecule is C=CC1=C(/C=C\C)c2ccccc2C12c1ccccc1-c1ccc(N(c3ccc(-c4ccccc4)cc3)c3ccc(-c4ccc5c(c4)c4ccccc4n5-c4ccccc4)cc3)cc12. The van der Waals surface area contributed by atoms with Crippen LogP contribution in [0.15, 0.2) is 249 Å². The first-order valence-electron chi connectivity index (χ1n) is 22.2. The third-order valence-corrected chi connectivity index (χ3v) is 13.5. The van der Waals surface area contributed by atoms with Crippen LogP contribution >= 0.6 is 0 Å². The number of aromatic nitrogens is 1. The van der Waals surface area contributed by atoms with Gasteiger partial charge in [-0.05, 0) is 140 Å². The zero-order valence-electron chi connectivity index (χ0n) is 35.6. The van der Waals surface area contributed by atoms with Crippen LogP contribution < -0.4 is 4.90 Å². The molecule has 0 aliphatic heterocycles. The summed E-state index contributed by atoms with van der Waals surface area (Å²) >= 11 is 0. The summed E-state index contributed by atoms with van der Waals surface area (Å²) in [7, 11) is 0. The van der Waals surface area contributed by atoms with Gasteiger partial charge >= 0.3 is 0 Å². The fourth-order valence-corrected chi connectivity index (χ4v) is 10.8. The average molecular weight is 817 g/mol. The van der Waals surface area contributed by atoms with Gasteiger partial charge in [0.1, 0.15) is 0 Å². The smallest absolute Gasteiger partial charge is 0.0726 e. The minimum atomic E-state index is -0.510. The van der Waals surface area contributed by atoms with Gasteiger partial charge in [-0.3, -0.25) is 0 Å². The zero-order valence-corrected chi connectivity index (χ0v) is 35.6. The maximum Gasteiger partial charge on any atom is 0.0726 e. The molecule has 2 aliphatic rings. The molecule has 0 amide bonds. The van der Waals surface area contributed by atoms with E-state index < -0.39 is 5.41 Å². The Kier molecular flexibility index (Phi) is 8.81. The van der Waals surface area contributed by atoms with Gasteiger partial charge in [0.05, 0.1) is 16.4 Å². The molecule has 1 unspecified atom stereocenters. The van der Waals surface area contributed by atoms with E-state index in [0.717, 1.165) is 22.7 Å². The summed E-state index contributed by atoms with van der Waals surface area (Å²) < 4.78 is 2.37. The lowest BCUT2D eigenvalue weighted by Gasteiger charge is -2.33. The van der Waals surface area contributed by atoms with E-state index >= 15 is 0 Å². The third-order valence-electron chi connectivity index (χ3n) is 13.5. The maximum atomic E-state index is 4.49. The Hall–Kier alpha value is -8.20. The molecule has 2 aliphatic carbocycles. The molecule has 9 aromatic carbocycles. The first kappa shape index (κ1) is 37.6. The molecule has 64 heavy (non-hydrogen) atoms. The lowest BCUT2D eigenvalue weighted by atomic mass is 9.69. The number of allylic oxidation sites excluding steroid dienone is 5. The van der Waals surface area contributed by atoms with Crippen molar-refractivity contribution < 1.29 is 0 Å². The van der Waals surface area contributed by atoms with Crippen molar-refractivity contribution in [2.75, 3.05) is 4.90 Å². The normalized spacial score (nSPS) is 15.0. The largest absolute Gasteiger partial charge is 0.310 e. The number of hydrogen-bond acceptors (Lipinski definition) is 1. The third kappa shape index (κ3) is 5.59. The predicted octanol–water partition coefficient (Wildman–Crippen LogP) is 16.4. The van der Waals surface area contributed by atoms with Crippen LogP contribution in [0.5, 0.6) is 0 Å². The molecule has 0 fully saturated rings. The molecule has 1 heterocycles. The Balaban J connectivity index is 1.02. The molecular weight excluding hydrogens is 773 g/mol. The van der Waals surface area contributed by atoms with Crippen LogP contribution in [-0.2, 0) is 5.41 Å². The van der Waals surface area contributed by atoms with Crippen LogP contribution in [0.3, 0.4) is 0 Å². The molecule has 0 radical (unpaired) electrons. The van der Waals surface area contributed by atoms with Crippen LogP contribution in [0.25, 0.3) is 66.4 Å².